The number of hydrogen-bond donors (Lipinski definition) is 0. The maximum absolute atomic E-state index is 9.12. The standard InChI is InChI=1S/C13H6Cl2N4O/c14-9-4-3-8(6-10(9)15)19-13(11(7-16)17-18-19)12-2-1-5-20-12/h1-6H. The summed E-state index contributed by atoms with van der Waals surface area (Å²) in [7, 11) is 0. The minimum atomic E-state index is 0.172. The van der Waals surface area contributed by atoms with Gasteiger partial charge in [-0.25, -0.2) is 4.68 Å². The lowest BCUT2D eigenvalue weighted by Crippen LogP contribution is -1.99. The van der Waals surface area contributed by atoms with Crippen LogP contribution in [-0.2, 0) is 0 Å². The van der Waals surface area contributed by atoms with Crippen LogP contribution in [0.1, 0.15) is 5.69 Å². The monoisotopic (exact) mass is 304 g/mol. The van der Waals surface area contributed by atoms with Gasteiger partial charge in [-0.3, -0.25) is 0 Å². The Labute approximate surface area is 123 Å². The molecule has 0 spiro atoms. The Morgan fingerprint density at radius 1 is 1.20 bits per heavy atom. The molecule has 0 radical (unpaired) electrons. The van der Waals surface area contributed by atoms with Crippen molar-refractivity contribution in [2.45, 2.75) is 0 Å². The van der Waals surface area contributed by atoms with E-state index in [4.69, 9.17) is 32.9 Å². The normalized spacial score (nSPS) is 10.4. The zero-order valence-electron chi connectivity index (χ0n) is 9.92. The number of benzene rings is 1. The van der Waals surface area contributed by atoms with Gasteiger partial charge < -0.3 is 4.42 Å². The van der Waals surface area contributed by atoms with Crippen molar-refractivity contribution in [3.8, 4) is 23.2 Å². The first kappa shape index (κ1) is 12.7. The van der Waals surface area contributed by atoms with E-state index in [1.165, 1.54) is 10.9 Å². The van der Waals surface area contributed by atoms with Crippen LogP contribution < -0.4 is 0 Å². The Bertz CT molecular complexity index is 802. The van der Waals surface area contributed by atoms with E-state index in [1.807, 2.05) is 6.07 Å². The van der Waals surface area contributed by atoms with Crippen LogP contribution in [0, 0.1) is 11.3 Å². The van der Waals surface area contributed by atoms with Gasteiger partial charge in [-0.15, -0.1) is 5.10 Å². The third kappa shape index (κ3) is 2.05. The lowest BCUT2D eigenvalue weighted by atomic mass is 10.2. The summed E-state index contributed by atoms with van der Waals surface area (Å²) in [5, 5.41) is 17.8. The highest BCUT2D eigenvalue weighted by Crippen LogP contribution is 2.28. The highest BCUT2D eigenvalue weighted by molar-refractivity contribution is 6.42. The first-order chi connectivity index (χ1) is 9.70. The molecule has 0 atom stereocenters. The van der Waals surface area contributed by atoms with Gasteiger partial charge >= 0.3 is 0 Å². The number of rotatable bonds is 2. The lowest BCUT2D eigenvalue weighted by Gasteiger charge is -2.05. The first-order valence-electron chi connectivity index (χ1n) is 5.56. The molecule has 0 aliphatic heterocycles. The zero-order valence-corrected chi connectivity index (χ0v) is 11.4. The van der Waals surface area contributed by atoms with Crippen LogP contribution in [0.2, 0.25) is 10.0 Å². The molecule has 3 rings (SSSR count). The van der Waals surface area contributed by atoms with Crippen LogP contribution in [0.4, 0.5) is 0 Å². The van der Waals surface area contributed by atoms with E-state index in [-0.39, 0.29) is 5.69 Å². The molecule has 0 saturated carbocycles. The fourth-order valence-electron chi connectivity index (χ4n) is 1.79. The smallest absolute Gasteiger partial charge is 0.194 e. The highest BCUT2D eigenvalue weighted by Gasteiger charge is 2.18. The first-order valence-corrected chi connectivity index (χ1v) is 6.31. The second-order valence-corrected chi connectivity index (χ2v) is 4.70. The van der Waals surface area contributed by atoms with Crippen LogP contribution >= 0.6 is 23.2 Å². The molecule has 1 aromatic carbocycles. The number of nitriles is 1. The van der Waals surface area contributed by atoms with Gasteiger partial charge in [-0.05, 0) is 30.3 Å². The Hall–Kier alpha value is -2.29. The van der Waals surface area contributed by atoms with Gasteiger partial charge in [0.1, 0.15) is 11.8 Å². The molecular formula is C13H6Cl2N4O. The number of halogens is 2. The van der Waals surface area contributed by atoms with Gasteiger partial charge in [-0.2, -0.15) is 5.26 Å². The predicted octanol–water partition coefficient (Wildman–Crippen LogP) is 3.71. The summed E-state index contributed by atoms with van der Waals surface area (Å²) in [6.45, 7) is 0. The molecule has 0 aliphatic rings. The molecule has 0 saturated heterocycles. The number of furan rings is 1. The molecule has 0 aliphatic carbocycles. The molecule has 0 bridgehead atoms. The average Bonchev–Trinajstić information content (AvgIpc) is 3.09. The minimum absolute atomic E-state index is 0.172. The summed E-state index contributed by atoms with van der Waals surface area (Å²) in [5.74, 6) is 0.498. The van der Waals surface area contributed by atoms with Gasteiger partial charge in [-0.1, -0.05) is 28.4 Å². The van der Waals surface area contributed by atoms with Crippen LogP contribution in [0.15, 0.2) is 41.0 Å². The van der Waals surface area contributed by atoms with Crippen molar-refractivity contribution in [1.29, 1.82) is 5.26 Å². The van der Waals surface area contributed by atoms with Gasteiger partial charge in [0.25, 0.3) is 0 Å². The Kier molecular flexibility index (Phi) is 3.18. The van der Waals surface area contributed by atoms with E-state index >= 15 is 0 Å². The Morgan fingerprint density at radius 2 is 2.05 bits per heavy atom. The molecule has 0 unspecified atom stereocenters. The minimum Gasteiger partial charge on any atom is -0.463 e. The summed E-state index contributed by atoms with van der Waals surface area (Å²) in [6.07, 6.45) is 1.52. The highest BCUT2D eigenvalue weighted by atomic mass is 35.5. The largest absolute Gasteiger partial charge is 0.463 e. The van der Waals surface area contributed by atoms with Gasteiger partial charge in [0.05, 0.1) is 22.0 Å². The zero-order chi connectivity index (χ0) is 14.1. The van der Waals surface area contributed by atoms with Gasteiger partial charge in [0.15, 0.2) is 11.5 Å². The predicted molar refractivity (Wildman–Crippen MR) is 73.8 cm³/mol. The molecule has 5 nitrogen and oxygen atoms in total. The number of aromatic nitrogens is 3. The Morgan fingerprint density at radius 3 is 2.70 bits per heavy atom. The van der Waals surface area contributed by atoms with E-state index in [9.17, 15) is 0 Å². The maximum Gasteiger partial charge on any atom is 0.194 e. The molecule has 0 fully saturated rings. The van der Waals surface area contributed by atoms with E-state index in [1.54, 1.807) is 30.3 Å². The van der Waals surface area contributed by atoms with Crippen LogP contribution in [0.5, 0.6) is 0 Å². The molecule has 98 valence electrons. The van der Waals surface area contributed by atoms with Crippen molar-refractivity contribution in [2.75, 3.05) is 0 Å². The van der Waals surface area contributed by atoms with Crippen LogP contribution in [0.25, 0.3) is 17.1 Å². The molecule has 2 aromatic heterocycles. The fourth-order valence-corrected chi connectivity index (χ4v) is 2.08. The quantitative estimate of drug-likeness (QED) is 0.724. The maximum atomic E-state index is 9.12. The topological polar surface area (TPSA) is 67.6 Å². The molecule has 3 aromatic rings. The fraction of sp³-hybridized carbons (Fsp3) is 0. The van der Waals surface area contributed by atoms with Crippen molar-refractivity contribution >= 4 is 23.2 Å². The second-order valence-electron chi connectivity index (χ2n) is 3.89. The van der Waals surface area contributed by atoms with Crippen molar-refractivity contribution in [3.63, 3.8) is 0 Å². The van der Waals surface area contributed by atoms with Crippen molar-refractivity contribution in [2.24, 2.45) is 0 Å². The van der Waals surface area contributed by atoms with Crippen molar-refractivity contribution in [1.82, 2.24) is 15.0 Å². The summed E-state index contributed by atoms with van der Waals surface area (Å²) < 4.78 is 6.81. The third-order valence-electron chi connectivity index (χ3n) is 2.68. The molecule has 7 heteroatoms. The van der Waals surface area contributed by atoms with Crippen molar-refractivity contribution < 1.29 is 4.42 Å². The molecular weight excluding hydrogens is 299 g/mol. The summed E-state index contributed by atoms with van der Waals surface area (Å²) >= 11 is 11.9. The molecule has 20 heavy (non-hydrogen) atoms. The summed E-state index contributed by atoms with van der Waals surface area (Å²) in [6, 6.07) is 10.5. The number of nitrogens with zero attached hydrogens (tertiary/aromatic N) is 4. The van der Waals surface area contributed by atoms with E-state index in [0.717, 1.165) is 0 Å². The molecule has 2 heterocycles. The summed E-state index contributed by atoms with van der Waals surface area (Å²) in [4.78, 5) is 0. The molecule has 0 N–H and O–H groups in total. The van der Waals surface area contributed by atoms with Gasteiger partial charge in [0, 0.05) is 0 Å². The lowest BCUT2D eigenvalue weighted by molar-refractivity contribution is 0.576. The average molecular weight is 305 g/mol. The van der Waals surface area contributed by atoms with Crippen LogP contribution in [0.3, 0.4) is 0 Å². The van der Waals surface area contributed by atoms with Gasteiger partial charge in [0.2, 0.25) is 0 Å². The van der Waals surface area contributed by atoms with E-state index in [0.29, 0.717) is 27.2 Å². The van der Waals surface area contributed by atoms with E-state index in [2.05, 4.69) is 10.3 Å². The third-order valence-corrected chi connectivity index (χ3v) is 3.42. The number of hydrogen-bond acceptors (Lipinski definition) is 4. The Balaban J connectivity index is 2.22. The van der Waals surface area contributed by atoms with E-state index < -0.39 is 0 Å². The summed E-state index contributed by atoms with van der Waals surface area (Å²) in [5.41, 5.74) is 1.28. The van der Waals surface area contributed by atoms with Crippen LogP contribution in [-0.4, -0.2) is 15.0 Å². The SMILES string of the molecule is N#Cc1nnn(-c2ccc(Cl)c(Cl)c2)c1-c1ccco1. The molecule has 0 amide bonds. The van der Waals surface area contributed by atoms with Crippen molar-refractivity contribution in [3.05, 3.63) is 52.3 Å². The second kappa shape index (κ2) is 5.00.